The zero-order chi connectivity index (χ0) is 19.0. The Morgan fingerprint density at radius 3 is 1.88 bits per heavy atom. The summed E-state index contributed by atoms with van der Waals surface area (Å²) in [6.07, 6.45) is -0.0473. The Bertz CT molecular complexity index is 475. The smallest absolute Gasteiger partial charge is 0.132 e. The molecule has 0 heterocycles. The van der Waals surface area contributed by atoms with Crippen LogP contribution in [0.15, 0.2) is 24.3 Å². The number of phenols is 1. The van der Waals surface area contributed by atoms with E-state index >= 15 is 0 Å². The molecule has 1 atom stereocenters. The van der Waals surface area contributed by atoms with Gasteiger partial charge in [0.1, 0.15) is 11.5 Å². The molecule has 1 unspecified atom stereocenters. The molecule has 26 heavy (non-hydrogen) atoms. The molecule has 1 rings (SSSR count). The number of hydrogen-bond donors (Lipinski definition) is 1. The Morgan fingerprint density at radius 2 is 1.38 bits per heavy atom. The van der Waals surface area contributed by atoms with Gasteiger partial charge in [-0.1, -0.05) is 12.1 Å². The van der Waals surface area contributed by atoms with E-state index in [2.05, 4.69) is 0 Å². The normalized spacial score (nSPS) is 12.2. The molecular formula is C19H30O7. The molecule has 7 heteroatoms. The molecule has 0 aliphatic rings. The number of benzene rings is 1. The molecule has 0 aromatic heterocycles. The van der Waals surface area contributed by atoms with Crippen molar-refractivity contribution >= 4 is 5.78 Å². The van der Waals surface area contributed by atoms with Crippen molar-refractivity contribution in [2.75, 3.05) is 60.0 Å². The first-order valence-corrected chi connectivity index (χ1v) is 8.75. The topological polar surface area (TPSA) is 83.5 Å². The molecule has 0 spiro atoms. The van der Waals surface area contributed by atoms with E-state index in [1.165, 1.54) is 6.92 Å². The molecule has 1 aromatic rings. The largest absolute Gasteiger partial charge is 0.508 e. The Labute approximate surface area is 155 Å². The van der Waals surface area contributed by atoms with Crippen LogP contribution in [0, 0.1) is 0 Å². The number of phenolic OH excluding ortho intramolecular Hbond substituents is 1. The third kappa shape index (κ3) is 11.2. The summed E-state index contributed by atoms with van der Waals surface area (Å²) in [5, 5.41) is 9.36. The van der Waals surface area contributed by atoms with E-state index in [4.69, 9.17) is 23.7 Å². The quantitative estimate of drug-likeness (QED) is 0.446. The van der Waals surface area contributed by atoms with E-state index in [-0.39, 0.29) is 24.1 Å². The van der Waals surface area contributed by atoms with Crippen LogP contribution in [0.1, 0.15) is 25.0 Å². The lowest BCUT2D eigenvalue weighted by Crippen LogP contribution is -2.15. The van der Waals surface area contributed by atoms with Crippen molar-refractivity contribution in [2.24, 2.45) is 0 Å². The molecule has 0 amide bonds. The maximum atomic E-state index is 11.4. The number of ether oxygens (including phenoxy) is 5. The Kier molecular flexibility index (Phi) is 12.7. The molecule has 0 saturated heterocycles. The predicted molar refractivity (Wildman–Crippen MR) is 96.4 cm³/mol. The van der Waals surface area contributed by atoms with Gasteiger partial charge in [-0.3, -0.25) is 4.79 Å². The molecule has 0 aliphatic carbocycles. The van der Waals surface area contributed by atoms with E-state index < -0.39 is 0 Å². The van der Waals surface area contributed by atoms with Crippen molar-refractivity contribution in [1.29, 1.82) is 0 Å². The Balaban J connectivity index is 2.10. The summed E-state index contributed by atoms with van der Waals surface area (Å²) < 4.78 is 26.7. The number of carbonyl (C=O) groups excluding carboxylic acids is 1. The van der Waals surface area contributed by atoms with Crippen molar-refractivity contribution in [3.63, 3.8) is 0 Å². The van der Waals surface area contributed by atoms with Crippen molar-refractivity contribution in [3.05, 3.63) is 29.8 Å². The van der Waals surface area contributed by atoms with E-state index in [1.54, 1.807) is 31.4 Å². The molecule has 1 aromatic carbocycles. The summed E-state index contributed by atoms with van der Waals surface area (Å²) in [4.78, 5) is 11.4. The average Bonchev–Trinajstić information content (AvgIpc) is 2.62. The van der Waals surface area contributed by atoms with Gasteiger partial charge in [0.05, 0.1) is 59.0 Å². The number of methoxy groups -OCH3 is 1. The van der Waals surface area contributed by atoms with E-state index in [1.807, 2.05) is 0 Å². The van der Waals surface area contributed by atoms with Gasteiger partial charge in [0.15, 0.2) is 0 Å². The lowest BCUT2D eigenvalue weighted by molar-refractivity contribution is -0.120. The van der Waals surface area contributed by atoms with Crippen molar-refractivity contribution < 1.29 is 33.6 Å². The summed E-state index contributed by atoms with van der Waals surface area (Å²) in [7, 11) is 1.63. The zero-order valence-corrected chi connectivity index (χ0v) is 15.6. The number of hydrogen-bond acceptors (Lipinski definition) is 7. The fourth-order valence-corrected chi connectivity index (χ4v) is 2.16. The fourth-order valence-electron chi connectivity index (χ4n) is 2.16. The van der Waals surface area contributed by atoms with E-state index in [0.717, 1.165) is 5.56 Å². The van der Waals surface area contributed by atoms with Gasteiger partial charge in [0.2, 0.25) is 0 Å². The van der Waals surface area contributed by atoms with Gasteiger partial charge >= 0.3 is 0 Å². The van der Waals surface area contributed by atoms with Crippen LogP contribution in [0.4, 0.5) is 0 Å². The van der Waals surface area contributed by atoms with E-state index in [0.29, 0.717) is 52.9 Å². The highest BCUT2D eigenvalue weighted by molar-refractivity contribution is 5.76. The molecule has 1 N–H and O–H groups in total. The minimum atomic E-state index is -0.336. The first-order valence-electron chi connectivity index (χ1n) is 8.75. The van der Waals surface area contributed by atoms with Crippen LogP contribution in [0.25, 0.3) is 0 Å². The molecular weight excluding hydrogens is 340 g/mol. The Hall–Kier alpha value is -1.51. The fraction of sp³-hybridized carbons (Fsp3) is 0.632. The van der Waals surface area contributed by atoms with Crippen LogP contribution in [-0.4, -0.2) is 70.9 Å². The summed E-state index contributed by atoms with van der Waals surface area (Å²) in [5.41, 5.74) is 0.856. The molecule has 7 nitrogen and oxygen atoms in total. The third-order valence-corrected chi connectivity index (χ3v) is 3.46. The number of aromatic hydroxyl groups is 1. The second kappa shape index (κ2) is 14.6. The van der Waals surface area contributed by atoms with Gasteiger partial charge in [-0.2, -0.15) is 0 Å². The van der Waals surface area contributed by atoms with Crippen molar-refractivity contribution in [2.45, 2.75) is 19.4 Å². The molecule has 0 saturated carbocycles. The number of ketones is 1. The van der Waals surface area contributed by atoms with Gasteiger partial charge in [-0.15, -0.1) is 0 Å². The number of Topliss-reactive ketones (excluding diaryl/α,β-unsaturated/α-hetero) is 1. The monoisotopic (exact) mass is 370 g/mol. The molecule has 148 valence electrons. The van der Waals surface area contributed by atoms with Gasteiger partial charge in [0.25, 0.3) is 0 Å². The van der Waals surface area contributed by atoms with Gasteiger partial charge in [-0.25, -0.2) is 0 Å². The van der Waals surface area contributed by atoms with Crippen molar-refractivity contribution in [1.82, 2.24) is 0 Å². The van der Waals surface area contributed by atoms with Gasteiger partial charge in [-0.05, 0) is 24.6 Å². The highest BCUT2D eigenvalue weighted by Gasteiger charge is 2.14. The minimum absolute atomic E-state index is 0.0464. The number of rotatable bonds is 16. The third-order valence-electron chi connectivity index (χ3n) is 3.46. The van der Waals surface area contributed by atoms with Crippen LogP contribution < -0.4 is 0 Å². The maximum Gasteiger partial charge on any atom is 0.132 e. The number of carbonyl (C=O) groups is 1. The zero-order valence-electron chi connectivity index (χ0n) is 15.6. The minimum Gasteiger partial charge on any atom is -0.508 e. The van der Waals surface area contributed by atoms with Crippen LogP contribution >= 0.6 is 0 Å². The van der Waals surface area contributed by atoms with Crippen LogP contribution in [0.5, 0.6) is 5.75 Å². The second-order valence-corrected chi connectivity index (χ2v) is 5.69. The van der Waals surface area contributed by atoms with Crippen LogP contribution in [0.2, 0.25) is 0 Å². The summed E-state index contributed by atoms with van der Waals surface area (Å²) in [5.74, 6) is 0.230. The SMILES string of the molecule is COCCOCCOCCOCCOC(CC(C)=O)c1ccc(O)cc1. The standard InChI is InChI=1S/C19H30O7/c1-16(20)15-19(17-3-5-18(21)6-4-17)26-14-13-25-12-11-24-10-9-23-8-7-22-2/h3-6,19,21H,7-15H2,1-2H3. The molecule has 0 radical (unpaired) electrons. The maximum absolute atomic E-state index is 11.4. The summed E-state index contributed by atoms with van der Waals surface area (Å²) >= 11 is 0. The predicted octanol–water partition coefficient (Wildman–Crippen LogP) is 2.13. The molecule has 0 aliphatic heterocycles. The highest BCUT2D eigenvalue weighted by Crippen LogP contribution is 2.23. The second-order valence-electron chi connectivity index (χ2n) is 5.69. The van der Waals surface area contributed by atoms with Crippen molar-refractivity contribution in [3.8, 4) is 5.75 Å². The van der Waals surface area contributed by atoms with Gasteiger partial charge in [0, 0.05) is 13.5 Å². The Morgan fingerprint density at radius 1 is 0.885 bits per heavy atom. The highest BCUT2D eigenvalue weighted by atomic mass is 16.6. The van der Waals surface area contributed by atoms with Gasteiger partial charge < -0.3 is 28.8 Å². The summed E-state index contributed by atoms with van der Waals surface area (Å²) in [6.45, 7) is 5.48. The van der Waals surface area contributed by atoms with Crippen LogP contribution in [0.3, 0.4) is 0 Å². The molecule has 0 bridgehead atoms. The first-order chi connectivity index (χ1) is 12.6. The summed E-state index contributed by atoms with van der Waals surface area (Å²) in [6, 6.07) is 6.68. The lowest BCUT2D eigenvalue weighted by Gasteiger charge is -2.17. The lowest BCUT2D eigenvalue weighted by atomic mass is 10.0. The van der Waals surface area contributed by atoms with E-state index in [9.17, 15) is 9.90 Å². The van der Waals surface area contributed by atoms with Crippen LogP contribution in [-0.2, 0) is 28.5 Å². The molecule has 0 fully saturated rings. The first kappa shape index (κ1) is 22.5. The average molecular weight is 370 g/mol.